The maximum Gasteiger partial charge on any atom is 0.171 e. The standard InChI is InChI=1S/C19H24N2O4S/c1-12(13-6-8-17(24-4)18(10-13)25-5)20-19(26)21-15-11-14(22-2)7-9-16(15)23-3/h6-12H,1-5H3,(H2,20,21,26). The van der Waals surface area contributed by atoms with Gasteiger partial charge in [0.05, 0.1) is 40.2 Å². The lowest BCUT2D eigenvalue weighted by Crippen LogP contribution is -2.31. The third-order valence-electron chi connectivity index (χ3n) is 3.91. The van der Waals surface area contributed by atoms with E-state index < -0.39 is 0 Å². The van der Waals surface area contributed by atoms with Gasteiger partial charge in [0, 0.05) is 6.07 Å². The van der Waals surface area contributed by atoms with Gasteiger partial charge >= 0.3 is 0 Å². The molecule has 0 bridgehead atoms. The van der Waals surface area contributed by atoms with Crippen molar-refractivity contribution in [2.24, 2.45) is 0 Å². The number of benzene rings is 2. The molecule has 0 heterocycles. The highest BCUT2D eigenvalue weighted by Crippen LogP contribution is 2.31. The predicted octanol–water partition coefficient (Wildman–Crippen LogP) is 3.77. The molecule has 0 aliphatic heterocycles. The highest BCUT2D eigenvalue weighted by Gasteiger charge is 2.13. The average Bonchev–Trinajstić information content (AvgIpc) is 2.66. The molecular weight excluding hydrogens is 352 g/mol. The molecule has 6 nitrogen and oxygen atoms in total. The van der Waals surface area contributed by atoms with E-state index in [-0.39, 0.29) is 6.04 Å². The minimum atomic E-state index is -0.0357. The lowest BCUT2D eigenvalue weighted by atomic mass is 10.1. The molecule has 7 heteroatoms. The molecule has 1 atom stereocenters. The van der Waals surface area contributed by atoms with E-state index >= 15 is 0 Å². The second-order valence-electron chi connectivity index (χ2n) is 5.50. The molecule has 2 aromatic carbocycles. The van der Waals surface area contributed by atoms with Gasteiger partial charge in [-0.25, -0.2) is 0 Å². The normalized spacial score (nSPS) is 11.3. The molecule has 0 aliphatic rings. The monoisotopic (exact) mass is 376 g/mol. The molecule has 1 unspecified atom stereocenters. The van der Waals surface area contributed by atoms with Crippen molar-refractivity contribution in [2.45, 2.75) is 13.0 Å². The van der Waals surface area contributed by atoms with Crippen LogP contribution in [0.25, 0.3) is 0 Å². The third kappa shape index (κ3) is 4.70. The number of anilines is 1. The van der Waals surface area contributed by atoms with E-state index in [9.17, 15) is 0 Å². The number of hydrogen-bond donors (Lipinski definition) is 2. The largest absolute Gasteiger partial charge is 0.497 e. The van der Waals surface area contributed by atoms with Crippen molar-refractivity contribution in [3.63, 3.8) is 0 Å². The molecule has 0 amide bonds. The number of methoxy groups -OCH3 is 4. The van der Waals surface area contributed by atoms with E-state index in [1.807, 2.05) is 43.3 Å². The van der Waals surface area contributed by atoms with Crippen LogP contribution in [0, 0.1) is 0 Å². The summed E-state index contributed by atoms with van der Waals surface area (Å²) in [5.41, 5.74) is 1.74. The molecule has 0 saturated carbocycles. The van der Waals surface area contributed by atoms with Crippen molar-refractivity contribution in [3.05, 3.63) is 42.0 Å². The number of thiocarbonyl (C=S) groups is 1. The summed E-state index contributed by atoms with van der Waals surface area (Å²) in [6.07, 6.45) is 0. The number of hydrogen-bond acceptors (Lipinski definition) is 5. The Bertz CT molecular complexity index is 767. The molecule has 0 radical (unpaired) electrons. The molecular formula is C19H24N2O4S. The maximum absolute atomic E-state index is 5.43. The SMILES string of the molecule is COc1ccc(OC)c(NC(=S)NC(C)c2ccc(OC)c(OC)c2)c1. The zero-order valence-corrected chi connectivity index (χ0v) is 16.4. The minimum absolute atomic E-state index is 0.0357. The van der Waals surface area contributed by atoms with Gasteiger partial charge in [-0.15, -0.1) is 0 Å². The van der Waals surface area contributed by atoms with Gasteiger partial charge < -0.3 is 29.6 Å². The van der Waals surface area contributed by atoms with E-state index in [1.54, 1.807) is 28.4 Å². The molecule has 0 spiro atoms. The smallest absolute Gasteiger partial charge is 0.171 e. The highest BCUT2D eigenvalue weighted by molar-refractivity contribution is 7.80. The minimum Gasteiger partial charge on any atom is -0.497 e. The highest BCUT2D eigenvalue weighted by atomic mass is 32.1. The summed E-state index contributed by atoms with van der Waals surface area (Å²) in [4.78, 5) is 0. The number of rotatable bonds is 7. The summed E-state index contributed by atoms with van der Waals surface area (Å²) in [5, 5.41) is 6.87. The van der Waals surface area contributed by atoms with E-state index in [0.29, 0.717) is 28.1 Å². The summed E-state index contributed by atoms with van der Waals surface area (Å²) in [7, 11) is 6.44. The first-order valence-corrected chi connectivity index (χ1v) is 8.44. The Kier molecular flexibility index (Phi) is 6.91. The molecule has 0 fully saturated rings. The van der Waals surface area contributed by atoms with Crippen LogP contribution < -0.4 is 29.6 Å². The Morgan fingerprint density at radius 1 is 0.846 bits per heavy atom. The topological polar surface area (TPSA) is 61.0 Å². The summed E-state index contributed by atoms with van der Waals surface area (Å²) >= 11 is 5.43. The second-order valence-corrected chi connectivity index (χ2v) is 5.91. The van der Waals surface area contributed by atoms with Gasteiger partial charge in [-0.05, 0) is 49.0 Å². The predicted molar refractivity (Wildman–Crippen MR) is 107 cm³/mol. The molecule has 26 heavy (non-hydrogen) atoms. The van der Waals surface area contributed by atoms with Crippen LogP contribution in [-0.4, -0.2) is 33.6 Å². The van der Waals surface area contributed by atoms with Gasteiger partial charge in [-0.2, -0.15) is 0 Å². The van der Waals surface area contributed by atoms with Crippen molar-refractivity contribution in [1.82, 2.24) is 5.32 Å². The maximum atomic E-state index is 5.43. The summed E-state index contributed by atoms with van der Waals surface area (Å²) < 4.78 is 21.2. The van der Waals surface area contributed by atoms with E-state index in [0.717, 1.165) is 11.3 Å². The van der Waals surface area contributed by atoms with Gasteiger partial charge in [0.15, 0.2) is 16.6 Å². The Hall–Kier alpha value is -2.67. The van der Waals surface area contributed by atoms with Crippen molar-refractivity contribution < 1.29 is 18.9 Å². The van der Waals surface area contributed by atoms with Crippen LogP contribution in [0.3, 0.4) is 0 Å². The van der Waals surface area contributed by atoms with Crippen molar-refractivity contribution >= 4 is 23.0 Å². The second kappa shape index (κ2) is 9.15. The van der Waals surface area contributed by atoms with Crippen LogP contribution in [0.1, 0.15) is 18.5 Å². The first kappa shape index (κ1) is 19.7. The van der Waals surface area contributed by atoms with Crippen LogP contribution in [-0.2, 0) is 0 Å². The molecule has 0 saturated heterocycles. The zero-order chi connectivity index (χ0) is 19.1. The molecule has 0 aromatic heterocycles. The molecule has 2 N–H and O–H groups in total. The Morgan fingerprint density at radius 3 is 2.12 bits per heavy atom. The first-order chi connectivity index (χ1) is 12.5. The number of nitrogens with one attached hydrogen (secondary N) is 2. The lowest BCUT2D eigenvalue weighted by molar-refractivity contribution is 0.354. The molecule has 2 rings (SSSR count). The van der Waals surface area contributed by atoms with Gasteiger partial charge in [0.25, 0.3) is 0 Å². The van der Waals surface area contributed by atoms with Gasteiger partial charge in [-0.3, -0.25) is 0 Å². The summed E-state index contributed by atoms with van der Waals surface area (Å²) in [6.45, 7) is 2.01. The van der Waals surface area contributed by atoms with Gasteiger partial charge in [0.2, 0.25) is 0 Å². The fourth-order valence-corrected chi connectivity index (χ4v) is 2.76. The fraction of sp³-hybridized carbons (Fsp3) is 0.316. The third-order valence-corrected chi connectivity index (χ3v) is 4.13. The molecule has 140 valence electrons. The molecule has 0 aliphatic carbocycles. The molecule has 2 aromatic rings. The van der Waals surface area contributed by atoms with Gasteiger partial charge in [0.1, 0.15) is 11.5 Å². The first-order valence-electron chi connectivity index (χ1n) is 8.03. The van der Waals surface area contributed by atoms with Gasteiger partial charge in [-0.1, -0.05) is 6.07 Å². The lowest BCUT2D eigenvalue weighted by Gasteiger charge is -2.20. The van der Waals surface area contributed by atoms with Crippen molar-refractivity contribution in [1.29, 1.82) is 0 Å². The van der Waals surface area contributed by atoms with Crippen LogP contribution in [0.2, 0.25) is 0 Å². The quantitative estimate of drug-likeness (QED) is 0.713. The fourth-order valence-electron chi connectivity index (χ4n) is 2.47. The Labute approximate surface area is 159 Å². The number of ether oxygens (including phenoxy) is 4. The van der Waals surface area contributed by atoms with E-state index in [4.69, 9.17) is 31.2 Å². The van der Waals surface area contributed by atoms with Crippen LogP contribution in [0.15, 0.2) is 36.4 Å². The zero-order valence-electron chi connectivity index (χ0n) is 15.6. The average molecular weight is 376 g/mol. The Balaban J connectivity index is 2.10. The van der Waals surface area contributed by atoms with Crippen molar-refractivity contribution in [2.75, 3.05) is 33.8 Å². The van der Waals surface area contributed by atoms with Crippen LogP contribution in [0.4, 0.5) is 5.69 Å². The van der Waals surface area contributed by atoms with E-state index in [2.05, 4.69) is 10.6 Å². The summed E-state index contributed by atoms with van der Waals surface area (Å²) in [6, 6.07) is 11.2. The van der Waals surface area contributed by atoms with Crippen LogP contribution >= 0.6 is 12.2 Å². The van der Waals surface area contributed by atoms with E-state index in [1.165, 1.54) is 0 Å². The van der Waals surface area contributed by atoms with Crippen molar-refractivity contribution in [3.8, 4) is 23.0 Å². The Morgan fingerprint density at radius 2 is 1.50 bits per heavy atom. The summed E-state index contributed by atoms with van der Waals surface area (Å²) in [5.74, 6) is 2.75. The van der Waals surface area contributed by atoms with Crippen LogP contribution in [0.5, 0.6) is 23.0 Å².